The molecule has 2 N–H and O–H groups in total. The van der Waals surface area contributed by atoms with Crippen LogP contribution in [-0.4, -0.2) is 12.3 Å². The van der Waals surface area contributed by atoms with Crippen molar-refractivity contribution in [3.05, 3.63) is 0 Å². The average Bonchev–Trinajstić information content (AvgIpc) is 2.45. The number of nitrogens with two attached hydrogens (primary N) is 1. The number of rotatable bonds is 4. The van der Waals surface area contributed by atoms with Gasteiger partial charge in [0.1, 0.15) is 5.78 Å². The Kier molecular flexibility index (Phi) is 5.30. The van der Waals surface area contributed by atoms with E-state index in [4.69, 9.17) is 5.73 Å². The van der Waals surface area contributed by atoms with Crippen LogP contribution in [0.2, 0.25) is 0 Å². The molecule has 1 saturated carbocycles. The van der Waals surface area contributed by atoms with Crippen molar-refractivity contribution in [3.63, 3.8) is 0 Å². The van der Waals surface area contributed by atoms with E-state index in [0.29, 0.717) is 24.2 Å². The average molecular weight is 211 g/mol. The molecule has 0 amide bonds. The van der Waals surface area contributed by atoms with Crippen LogP contribution in [0.3, 0.4) is 0 Å². The third-order valence-corrected chi connectivity index (χ3v) is 3.68. The maximum absolute atomic E-state index is 12.2. The molecule has 15 heavy (non-hydrogen) atoms. The van der Waals surface area contributed by atoms with Gasteiger partial charge in [-0.25, -0.2) is 0 Å². The number of carbonyl (C=O) groups is 1. The van der Waals surface area contributed by atoms with Crippen molar-refractivity contribution >= 4 is 5.78 Å². The molecule has 1 unspecified atom stereocenters. The Morgan fingerprint density at radius 2 is 1.73 bits per heavy atom. The number of hydrogen-bond donors (Lipinski definition) is 1. The quantitative estimate of drug-likeness (QED) is 0.727. The minimum absolute atomic E-state index is 0.0908. The van der Waals surface area contributed by atoms with E-state index in [-0.39, 0.29) is 5.92 Å². The fourth-order valence-corrected chi connectivity index (χ4v) is 2.58. The summed E-state index contributed by atoms with van der Waals surface area (Å²) in [4.78, 5) is 12.2. The third-order valence-electron chi connectivity index (χ3n) is 3.68. The number of Topliss-reactive ketones (excluding diaryl/α,β-unsaturated/α-hetero) is 1. The summed E-state index contributed by atoms with van der Waals surface area (Å²) in [5.74, 6) is 1.23. The van der Waals surface area contributed by atoms with E-state index in [1.807, 2.05) is 0 Å². The highest BCUT2D eigenvalue weighted by atomic mass is 16.1. The molecule has 0 bridgehead atoms. The van der Waals surface area contributed by atoms with Crippen molar-refractivity contribution in [1.82, 2.24) is 0 Å². The molecular formula is C13H25NO. The largest absolute Gasteiger partial charge is 0.330 e. The van der Waals surface area contributed by atoms with Gasteiger partial charge in [-0.15, -0.1) is 0 Å². The van der Waals surface area contributed by atoms with Gasteiger partial charge < -0.3 is 5.73 Å². The molecular weight excluding hydrogens is 186 g/mol. The molecule has 1 rings (SSSR count). The van der Waals surface area contributed by atoms with Crippen LogP contribution in [0, 0.1) is 17.8 Å². The zero-order valence-corrected chi connectivity index (χ0v) is 10.2. The third kappa shape index (κ3) is 3.60. The highest BCUT2D eigenvalue weighted by molar-refractivity contribution is 5.83. The first-order chi connectivity index (χ1) is 7.16. The van der Waals surface area contributed by atoms with E-state index in [1.54, 1.807) is 0 Å². The Morgan fingerprint density at radius 3 is 2.13 bits per heavy atom. The van der Waals surface area contributed by atoms with Gasteiger partial charge in [-0.2, -0.15) is 0 Å². The van der Waals surface area contributed by atoms with Gasteiger partial charge in [0.25, 0.3) is 0 Å². The highest BCUT2D eigenvalue weighted by Gasteiger charge is 2.28. The molecule has 2 heteroatoms. The number of hydrogen-bond acceptors (Lipinski definition) is 2. The van der Waals surface area contributed by atoms with Crippen LogP contribution in [0.5, 0.6) is 0 Å². The SMILES string of the molecule is CC(C)C(CN)C(=O)C1CCCCCC1. The number of ketones is 1. The van der Waals surface area contributed by atoms with E-state index in [1.165, 1.54) is 25.7 Å². The second kappa shape index (κ2) is 6.26. The zero-order chi connectivity index (χ0) is 11.3. The van der Waals surface area contributed by atoms with Gasteiger partial charge >= 0.3 is 0 Å². The van der Waals surface area contributed by atoms with Gasteiger partial charge in [-0.05, 0) is 18.8 Å². The fraction of sp³-hybridized carbons (Fsp3) is 0.923. The van der Waals surface area contributed by atoms with Crippen molar-refractivity contribution < 1.29 is 4.79 Å². The lowest BCUT2D eigenvalue weighted by Crippen LogP contribution is -2.33. The van der Waals surface area contributed by atoms with Gasteiger partial charge in [0.15, 0.2) is 0 Å². The fourth-order valence-electron chi connectivity index (χ4n) is 2.58. The molecule has 0 aromatic rings. The molecule has 0 radical (unpaired) electrons. The zero-order valence-electron chi connectivity index (χ0n) is 10.2. The van der Waals surface area contributed by atoms with E-state index in [0.717, 1.165) is 12.8 Å². The van der Waals surface area contributed by atoms with Gasteiger partial charge in [-0.1, -0.05) is 39.5 Å². The molecule has 0 spiro atoms. The van der Waals surface area contributed by atoms with Crippen LogP contribution in [-0.2, 0) is 4.79 Å². The Labute approximate surface area is 93.6 Å². The predicted octanol–water partition coefficient (Wildman–Crippen LogP) is 2.76. The molecule has 1 atom stereocenters. The molecule has 0 saturated heterocycles. The summed E-state index contributed by atoms with van der Waals surface area (Å²) >= 11 is 0. The first kappa shape index (κ1) is 12.7. The van der Waals surface area contributed by atoms with Crippen LogP contribution in [0.15, 0.2) is 0 Å². The van der Waals surface area contributed by atoms with Gasteiger partial charge in [0, 0.05) is 18.4 Å². The monoisotopic (exact) mass is 211 g/mol. The van der Waals surface area contributed by atoms with Gasteiger partial charge in [0.05, 0.1) is 0 Å². The maximum atomic E-state index is 12.2. The highest BCUT2D eigenvalue weighted by Crippen LogP contribution is 2.27. The molecule has 1 aliphatic carbocycles. The Hall–Kier alpha value is -0.370. The minimum Gasteiger partial charge on any atom is -0.330 e. The van der Waals surface area contributed by atoms with Crippen LogP contribution in [0.4, 0.5) is 0 Å². The summed E-state index contributed by atoms with van der Waals surface area (Å²) in [7, 11) is 0. The topological polar surface area (TPSA) is 43.1 Å². The molecule has 0 aliphatic heterocycles. The Balaban J connectivity index is 2.55. The minimum atomic E-state index is 0.0908. The van der Waals surface area contributed by atoms with E-state index in [9.17, 15) is 4.79 Å². The summed E-state index contributed by atoms with van der Waals surface area (Å²) in [5.41, 5.74) is 5.70. The molecule has 2 nitrogen and oxygen atoms in total. The summed E-state index contributed by atoms with van der Waals surface area (Å²) in [5, 5.41) is 0. The summed E-state index contributed by atoms with van der Waals surface area (Å²) in [6.07, 6.45) is 7.26. The molecule has 0 aromatic carbocycles. The Bertz CT molecular complexity index is 193. The second-order valence-corrected chi connectivity index (χ2v) is 5.18. The normalized spacial score (nSPS) is 21.3. The van der Waals surface area contributed by atoms with Gasteiger partial charge in [-0.3, -0.25) is 4.79 Å². The van der Waals surface area contributed by atoms with E-state index >= 15 is 0 Å². The molecule has 1 aliphatic rings. The summed E-state index contributed by atoms with van der Waals surface area (Å²) in [6.45, 7) is 4.73. The first-order valence-electron chi connectivity index (χ1n) is 6.40. The molecule has 88 valence electrons. The summed E-state index contributed by atoms with van der Waals surface area (Å²) in [6, 6.07) is 0. The molecule has 0 aromatic heterocycles. The van der Waals surface area contributed by atoms with Crippen molar-refractivity contribution in [2.75, 3.05) is 6.54 Å². The summed E-state index contributed by atoms with van der Waals surface area (Å²) < 4.78 is 0. The standard InChI is InChI=1S/C13H25NO/c1-10(2)12(9-14)13(15)11-7-5-3-4-6-8-11/h10-12H,3-9,14H2,1-2H3. The van der Waals surface area contributed by atoms with E-state index in [2.05, 4.69) is 13.8 Å². The van der Waals surface area contributed by atoms with Crippen molar-refractivity contribution in [2.24, 2.45) is 23.5 Å². The van der Waals surface area contributed by atoms with Crippen LogP contribution in [0.1, 0.15) is 52.4 Å². The maximum Gasteiger partial charge on any atom is 0.140 e. The lowest BCUT2D eigenvalue weighted by molar-refractivity contribution is -0.128. The first-order valence-corrected chi connectivity index (χ1v) is 6.40. The Morgan fingerprint density at radius 1 is 1.20 bits per heavy atom. The predicted molar refractivity (Wildman–Crippen MR) is 63.6 cm³/mol. The van der Waals surface area contributed by atoms with Crippen LogP contribution in [0.25, 0.3) is 0 Å². The van der Waals surface area contributed by atoms with Crippen LogP contribution < -0.4 is 5.73 Å². The molecule has 1 fully saturated rings. The van der Waals surface area contributed by atoms with Crippen molar-refractivity contribution in [1.29, 1.82) is 0 Å². The van der Waals surface area contributed by atoms with Crippen molar-refractivity contribution in [3.8, 4) is 0 Å². The lowest BCUT2D eigenvalue weighted by atomic mass is 9.82. The lowest BCUT2D eigenvalue weighted by Gasteiger charge is -2.23. The van der Waals surface area contributed by atoms with Crippen LogP contribution >= 0.6 is 0 Å². The molecule has 0 heterocycles. The second-order valence-electron chi connectivity index (χ2n) is 5.18. The van der Waals surface area contributed by atoms with E-state index < -0.39 is 0 Å². The van der Waals surface area contributed by atoms with Gasteiger partial charge in [0.2, 0.25) is 0 Å². The number of carbonyl (C=O) groups excluding carboxylic acids is 1. The van der Waals surface area contributed by atoms with Crippen molar-refractivity contribution in [2.45, 2.75) is 52.4 Å². The smallest absolute Gasteiger partial charge is 0.140 e.